The van der Waals surface area contributed by atoms with Crippen molar-refractivity contribution in [2.75, 3.05) is 12.4 Å². The van der Waals surface area contributed by atoms with Crippen molar-refractivity contribution in [1.29, 1.82) is 0 Å². The van der Waals surface area contributed by atoms with Crippen molar-refractivity contribution in [2.45, 2.75) is 39.7 Å². The first-order valence-electron chi connectivity index (χ1n) is 9.49. The van der Waals surface area contributed by atoms with Gasteiger partial charge in [-0.05, 0) is 30.5 Å². The third kappa shape index (κ3) is 3.91. The van der Waals surface area contributed by atoms with Gasteiger partial charge in [-0.3, -0.25) is 19.1 Å². The van der Waals surface area contributed by atoms with Gasteiger partial charge in [0.25, 0.3) is 11.5 Å². The summed E-state index contributed by atoms with van der Waals surface area (Å²) in [7, 11) is 1.51. The van der Waals surface area contributed by atoms with E-state index in [4.69, 9.17) is 4.74 Å². The molecule has 0 fully saturated rings. The molecule has 0 unspecified atom stereocenters. The summed E-state index contributed by atoms with van der Waals surface area (Å²) in [5.74, 6) is 0.0257. The number of aromatic nitrogens is 3. The van der Waals surface area contributed by atoms with E-state index in [1.165, 1.54) is 11.7 Å². The number of hydrogen-bond donors (Lipinski definition) is 2. The van der Waals surface area contributed by atoms with Gasteiger partial charge in [-0.25, -0.2) is 9.78 Å². The van der Waals surface area contributed by atoms with Crippen molar-refractivity contribution in [2.24, 2.45) is 0 Å². The molecule has 0 aliphatic rings. The number of carbonyl (C=O) groups is 1. The molecule has 3 rings (SSSR count). The minimum Gasteiger partial charge on any atom is -0.495 e. The second kappa shape index (κ2) is 8.30. The largest absolute Gasteiger partial charge is 0.495 e. The smallest absolute Gasteiger partial charge is 0.329 e. The van der Waals surface area contributed by atoms with Crippen molar-refractivity contribution < 1.29 is 9.53 Å². The summed E-state index contributed by atoms with van der Waals surface area (Å²) in [4.78, 5) is 44.9. The van der Waals surface area contributed by atoms with Crippen LogP contribution in [0, 0.1) is 0 Å². The Labute approximate surface area is 167 Å². The van der Waals surface area contributed by atoms with Crippen molar-refractivity contribution in [3.63, 3.8) is 0 Å². The summed E-state index contributed by atoms with van der Waals surface area (Å²) in [6.07, 6.45) is 0.678. The van der Waals surface area contributed by atoms with Gasteiger partial charge in [0.2, 0.25) is 0 Å². The van der Waals surface area contributed by atoms with Crippen LogP contribution in [0.5, 0.6) is 5.75 Å². The van der Waals surface area contributed by atoms with E-state index in [-0.39, 0.29) is 22.5 Å². The molecule has 152 valence electrons. The fraction of sp³-hybridized carbons (Fsp3) is 0.333. The Hall–Kier alpha value is -3.42. The minimum atomic E-state index is -0.634. The fourth-order valence-electron chi connectivity index (χ4n) is 3.14. The van der Waals surface area contributed by atoms with E-state index in [0.29, 0.717) is 30.1 Å². The van der Waals surface area contributed by atoms with E-state index in [1.54, 1.807) is 30.3 Å². The number of aryl methyl sites for hydroxylation is 1. The number of fused-ring (bicyclic) bond motifs is 1. The zero-order chi connectivity index (χ0) is 21.1. The monoisotopic (exact) mass is 396 g/mol. The molecule has 0 aliphatic carbocycles. The molecule has 0 saturated carbocycles. The number of para-hydroxylation sites is 2. The second-order valence-corrected chi connectivity index (χ2v) is 7.01. The van der Waals surface area contributed by atoms with Gasteiger partial charge >= 0.3 is 5.69 Å². The Balaban J connectivity index is 2.25. The molecule has 0 radical (unpaired) electrons. The van der Waals surface area contributed by atoms with Gasteiger partial charge in [-0.15, -0.1) is 0 Å². The number of hydrogen-bond acceptors (Lipinski definition) is 5. The molecule has 3 aromatic rings. The lowest BCUT2D eigenvalue weighted by Gasteiger charge is -2.15. The third-order valence-electron chi connectivity index (χ3n) is 4.61. The van der Waals surface area contributed by atoms with Crippen LogP contribution in [0.15, 0.2) is 39.9 Å². The number of methoxy groups -OCH3 is 1. The average molecular weight is 396 g/mol. The molecule has 1 aromatic carbocycles. The van der Waals surface area contributed by atoms with Gasteiger partial charge in [0, 0.05) is 12.2 Å². The number of ether oxygens (including phenoxy) is 1. The van der Waals surface area contributed by atoms with Crippen LogP contribution in [-0.4, -0.2) is 27.6 Å². The molecule has 0 atom stereocenters. The van der Waals surface area contributed by atoms with Crippen molar-refractivity contribution in [3.8, 4) is 5.75 Å². The topological polar surface area (TPSA) is 106 Å². The molecule has 8 heteroatoms. The number of pyridine rings is 1. The van der Waals surface area contributed by atoms with Gasteiger partial charge in [0.1, 0.15) is 5.75 Å². The Kier molecular flexibility index (Phi) is 5.81. The molecular formula is C21H24N4O4. The number of rotatable bonds is 6. The molecule has 1 amide bonds. The maximum atomic E-state index is 13.1. The first-order valence-corrected chi connectivity index (χ1v) is 9.49. The van der Waals surface area contributed by atoms with E-state index in [2.05, 4.69) is 15.3 Å². The molecule has 8 nitrogen and oxygen atoms in total. The number of H-pyrrole nitrogens is 1. The van der Waals surface area contributed by atoms with Crippen LogP contribution < -0.4 is 21.3 Å². The highest BCUT2D eigenvalue weighted by molar-refractivity contribution is 6.12. The summed E-state index contributed by atoms with van der Waals surface area (Å²) >= 11 is 0. The van der Waals surface area contributed by atoms with E-state index < -0.39 is 17.2 Å². The van der Waals surface area contributed by atoms with Crippen molar-refractivity contribution >= 4 is 22.6 Å². The van der Waals surface area contributed by atoms with Crippen LogP contribution in [0.2, 0.25) is 0 Å². The highest BCUT2D eigenvalue weighted by Gasteiger charge is 2.21. The number of carbonyl (C=O) groups excluding carboxylic acids is 1. The number of nitrogens with one attached hydrogen (secondary N) is 2. The number of anilines is 1. The first kappa shape index (κ1) is 20.3. The zero-order valence-corrected chi connectivity index (χ0v) is 16.9. The molecule has 0 bridgehead atoms. The molecule has 0 spiro atoms. The lowest BCUT2D eigenvalue weighted by Crippen LogP contribution is -2.32. The molecule has 0 aliphatic heterocycles. The molecule has 29 heavy (non-hydrogen) atoms. The Morgan fingerprint density at radius 1 is 1.28 bits per heavy atom. The van der Waals surface area contributed by atoms with Gasteiger partial charge in [0.05, 0.1) is 23.7 Å². The maximum Gasteiger partial charge on any atom is 0.329 e. The highest BCUT2D eigenvalue weighted by atomic mass is 16.5. The van der Waals surface area contributed by atoms with Gasteiger partial charge in [-0.2, -0.15) is 0 Å². The molecule has 0 saturated heterocycles. The highest BCUT2D eigenvalue weighted by Crippen LogP contribution is 2.25. The molecule has 2 aromatic heterocycles. The van der Waals surface area contributed by atoms with E-state index >= 15 is 0 Å². The molecular weight excluding hydrogens is 372 g/mol. The van der Waals surface area contributed by atoms with E-state index in [9.17, 15) is 14.4 Å². The molecule has 2 N–H and O–H groups in total. The predicted octanol–water partition coefficient (Wildman–Crippen LogP) is 2.88. The van der Waals surface area contributed by atoms with Crippen molar-refractivity contribution in [3.05, 3.63) is 62.4 Å². The quantitative estimate of drug-likeness (QED) is 0.666. The predicted molar refractivity (Wildman–Crippen MR) is 112 cm³/mol. The summed E-state index contributed by atoms with van der Waals surface area (Å²) in [5.41, 5.74) is 0.318. The SMILES string of the molecule is CCCn1c(=O)[nH]c(=O)c2c(C(=O)Nc3ccccc3OC)cc(C(C)C)nc21. The summed E-state index contributed by atoms with van der Waals surface area (Å²) < 4.78 is 6.69. The van der Waals surface area contributed by atoms with Crippen LogP contribution in [0.25, 0.3) is 11.0 Å². The number of aromatic amines is 1. The maximum absolute atomic E-state index is 13.1. The number of benzene rings is 1. The van der Waals surface area contributed by atoms with E-state index in [0.717, 1.165) is 0 Å². The van der Waals surface area contributed by atoms with Crippen LogP contribution in [0.4, 0.5) is 5.69 Å². The lowest BCUT2D eigenvalue weighted by molar-refractivity contribution is 0.102. The van der Waals surface area contributed by atoms with Gasteiger partial charge in [0.15, 0.2) is 5.65 Å². The Morgan fingerprint density at radius 3 is 2.66 bits per heavy atom. The zero-order valence-electron chi connectivity index (χ0n) is 16.9. The summed E-state index contributed by atoms with van der Waals surface area (Å²) in [6, 6.07) is 8.61. The first-order chi connectivity index (χ1) is 13.9. The van der Waals surface area contributed by atoms with Gasteiger partial charge < -0.3 is 10.1 Å². The second-order valence-electron chi connectivity index (χ2n) is 7.01. The Morgan fingerprint density at radius 2 is 2.00 bits per heavy atom. The summed E-state index contributed by atoms with van der Waals surface area (Å²) in [6.45, 7) is 6.18. The number of amides is 1. The Bertz CT molecular complexity index is 1180. The fourth-order valence-corrected chi connectivity index (χ4v) is 3.14. The van der Waals surface area contributed by atoms with Crippen LogP contribution in [-0.2, 0) is 6.54 Å². The summed E-state index contributed by atoms with van der Waals surface area (Å²) in [5, 5.41) is 2.89. The third-order valence-corrected chi connectivity index (χ3v) is 4.61. The normalized spacial score (nSPS) is 11.1. The standard InChI is InChI=1S/C21H24N4O4/c1-5-10-25-18-17(20(27)24-21(25)28)13(11-15(22-18)12(2)3)19(26)23-14-8-6-7-9-16(14)29-4/h6-9,11-12H,5,10H2,1-4H3,(H,23,26)(H,24,27,28). The average Bonchev–Trinajstić information content (AvgIpc) is 2.70. The lowest BCUT2D eigenvalue weighted by atomic mass is 10.0. The molecule has 2 heterocycles. The van der Waals surface area contributed by atoms with Crippen LogP contribution in [0.3, 0.4) is 0 Å². The number of nitrogens with zero attached hydrogens (tertiary/aromatic N) is 2. The van der Waals surface area contributed by atoms with Crippen LogP contribution >= 0.6 is 0 Å². The van der Waals surface area contributed by atoms with E-state index in [1.807, 2.05) is 20.8 Å². The van der Waals surface area contributed by atoms with Crippen molar-refractivity contribution in [1.82, 2.24) is 14.5 Å². The van der Waals surface area contributed by atoms with Gasteiger partial charge in [-0.1, -0.05) is 32.9 Å². The van der Waals surface area contributed by atoms with Crippen LogP contribution in [0.1, 0.15) is 49.2 Å². The minimum absolute atomic E-state index is 0.00155.